The SMILES string of the molecule is O=COCOP(O)O. The Balaban J connectivity index is 2.81. The minimum atomic E-state index is -2.40. The average Bonchev–Trinajstić information content (AvgIpc) is 1.66. The van der Waals surface area contributed by atoms with E-state index in [2.05, 4.69) is 9.26 Å². The van der Waals surface area contributed by atoms with Crippen LogP contribution in [-0.4, -0.2) is 23.1 Å². The number of rotatable bonds is 4. The molecule has 0 fully saturated rings. The second kappa shape index (κ2) is 4.93. The van der Waals surface area contributed by atoms with Gasteiger partial charge in [-0.3, -0.25) is 9.32 Å². The summed E-state index contributed by atoms with van der Waals surface area (Å²) in [6, 6.07) is 0. The van der Waals surface area contributed by atoms with E-state index in [0.29, 0.717) is 0 Å². The van der Waals surface area contributed by atoms with E-state index >= 15 is 0 Å². The van der Waals surface area contributed by atoms with Gasteiger partial charge in [0.2, 0.25) is 0 Å². The second-order valence-corrected chi connectivity index (χ2v) is 1.53. The molecule has 0 aliphatic heterocycles. The maximum Gasteiger partial charge on any atom is 0.330 e. The molecule has 0 aromatic heterocycles. The van der Waals surface area contributed by atoms with Gasteiger partial charge in [-0.05, 0) is 0 Å². The standard InChI is InChI=1S/C2H5O5P/c3-1-6-2-7-8(4)5/h1,4-5H,2H2. The third kappa shape index (κ3) is 5.78. The quantitative estimate of drug-likeness (QED) is 0.235. The number of ether oxygens (including phenoxy) is 1. The van der Waals surface area contributed by atoms with E-state index < -0.39 is 15.4 Å². The van der Waals surface area contributed by atoms with Gasteiger partial charge < -0.3 is 14.5 Å². The Kier molecular flexibility index (Phi) is 4.79. The molecule has 5 nitrogen and oxygen atoms in total. The molecule has 6 heteroatoms. The molecule has 0 bridgehead atoms. The second-order valence-electron chi connectivity index (χ2n) is 0.763. The summed E-state index contributed by atoms with van der Waals surface area (Å²) in [5.74, 6) is 0. The van der Waals surface area contributed by atoms with Crippen molar-refractivity contribution in [1.82, 2.24) is 0 Å². The highest BCUT2D eigenvalue weighted by Crippen LogP contribution is 2.23. The molecule has 48 valence electrons. The molecule has 2 N–H and O–H groups in total. The van der Waals surface area contributed by atoms with Crippen molar-refractivity contribution in [2.24, 2.45) is 0 Å². The van der Waals surface area contributed by atoms with Gasteiger partial charge >= 0.3 is 8.60 Å². The van der Waals surface area contributed by atoms with Crippen LogP contribution in [0.15, 0.2) is 0 Å². The van der Waals surface area contributed by atoms with Gasteiger partial charge in [0.05, 0.1) is 0 Å². The van der Waals surface area contributed by atoms with Gasteiger partial charge in [0.1, 0.15) is 0 Å². The van der Waals surface area contributed by atoms with Gasteiger partial charge in [0, 0.05) is 0 Å². The van der Waals surface area contributed by atoms with Crippen molar-refractivity contribution in [3.05, 3.63) is 0 Å². The summed E-state index contributed by atoms with van der Waals surface area (Å²) in [5, 5.41) is 0. The number of hydrogen-bond acceptors (Lipinski definition) is 5. The molecule has 0 aromatic carbocycles. The zero-order valence-corrected chi connectivity index (χ0v) is 4.75. The van der Waals surface area contributed by atoms with Crippen molar-refractivity contribution < 1.29 is 23.8 Å². The topological polar surface area (TPSA) is 76.0 Å². The van der Waals surface area contributed by atoms with Crippen molar-refractivity contribution in [3.63, 3.8) is 0 Å². The molecule has 0 aromatic rings. The first-order valence-electron chi connectivity index (χ1n) is 1.63. The fourth-order valence-electron chi connectivity index (χ4n) is 0.105. The predicted molar refractivity (Wildman–Crippen MR) is 24.5 cm³/mol. The Bertz CT molecular complexity index is 63.4. The van der Waals surface area contributed by atoms with E-state index in [1.807, 2.05) is 0 Å². The van der Waals surface area contributed by atoms with E-state index in [-0.39, 0.29) is 6.47 Å². The lowest BCUT2D eigenvalue weighted by atomic mass is 11.4. The van der Waals surface area contributed by atoms with Gasteiger partial charge in [-0.2, -0.15) is 0 Å². The summed E-state index contributed by atoms with van der Waals surface area (Å²) in [4.78, 5) is 25.3. The highest BCUT2D eigenvalue weighted by Gasteiger charge is 1.95. The van der Waals surface area contributed by atoms with Crippen LogP contribution in [-0.2, 0) is 14.1 Å². The summed E-state index contributed by atoms with van der Waals surface area (Å²) in [6.07, 6.45) is 0. The lowest BCUT2D eigenvalue weighted by Crippen LogP contribution is -1.92. The Morgan fingerprint density at radius 1 is 1.62 bits per heavy atom. The van der Waals surface area contributed by atoms with E-state index in [0.717, 1.165) is 0 Å². The molecule has 8 heavy (non-hydrogen) atoms. The molecule has 0 atom stereocenters. The fourth-order valence-corrected chi connectivity index (χ4v) is 0.260. The van der Waals surface area contributed by atoms with Crippen LogP contribution in [0, 0.1) is 0 Å². The van der Waals surface area contributed by atoms with Crippen molar-refractivity contribution in [2.45, 2.75) is 0 Å². The summed E-state index contributed by atoms with van der Waals surface area (Å²) >= 11 is 0. The molecule has 0 aliphatic rings. The van der Waals surface area contributed by atoms with Crippen LogP contribution in [0.5, 0.6) is 0 Å². The third-order valence-electron chi connectivity index (χ3n) is 0.304. The van der Waals surface area contributed by atoms with Crippen LogP contribution >= 0.6 is 8.60 Å². The van der Waals surface area contributed by atoms with E-state index in [4.69, 9.17) is 9.79 Å². The zero-order valence-electron chi connectivity index (χ0n) is 3.85. The smallest absolute Gasteiger partial charge is 0.330 e. The number of carbonyl (C=O) groups excluding carboxylic acids is 1. The Morgan fingerprint density at radius 2 is 2.25 bits per heavy atom. The molecule has 0 heterocycles. The molecule has 0 rings (SSSR count). The summed E-state index contributed by atoms with van der Waals surface area (Å²) in [5.41, 5.74) is 0. The van der Waals surface area contributed by atoms with E-state index in [1.165, 1.54) is 0 Å². The molecule has 0 radical (unpaired) electrons. The Labute approximate surface area is 46.8 Å². The van der Waals surface area contributed by atoms with Crippen molar-refractivity contribution >= 4 is 15.1 Å². The minimum absolute atomic E-state index is 0.152. The lowest BCUT2D eigenvalue weighted by molar-refractivity contribution is -0.134. The minimum Gasteiger partial charge on any atom is -0.440 e. The summed E-state index contributed by atoms with van der Waals surface area (Å²) in [7, 11) is -2.40. The van der Waals surface area contributed by atoms with Crippen LogP contribution in [0.1, 0.15) is 0 Å². The normalized spacial score (nSPS) is 9.38. The lowest BCUT2D eigenvalue weighted by Gasteiger charge is -1.99. The van der Waals surface area contributed by atoms with Gasteiger partial charge in [-0.25, -0.2) is 0 Å². The van der Waals surface area contributed by atoms with E-state index in [9.17, 15) is 4.79 Å². The predicted octanol–water partition coefficient (Wildman–Crippen LogP) is -0.655. The number of carbonyl (C=O) groups is 1. The maximum atomic E-state index is 9.33. The molecular weight excluding hydrogens is 135 g/mol. The first kappa shape index (κ1) is 7.78. The highest BCUT2D eigenvalue weighted by atomic mass is 31.2. The number of hydrogen-bond donors (Lipinski definition) is 2. The summed E-state index contributed by atoms with van der Waals surface area (Å²) in [6.45, 7) is -0.263. The van der Waals surface area contributed by atoms with E-state index in [1.54, 1.807) is 0 Å². The van der Waals surface area contributed by atoms with Crippen LogP contribution in [0.2, 0.25) is 0 Å². The van der Waals surface area contributed by atoms with Crippen LogP contribution in [0.25, 0.3) is 0 Å². The average molecular weight is 140 g/mol. The van der Waals surface area contributed by atoms with Crippen molar-refractivity contribution in [1.29, 1.82) is 0 Å². The van der Waals surface area contributed by atoms with Gasteiger partial charge in [0.25, 0.3) is 6.47 Å². The first-order chi connectivity index (χ1) is 3.77. The van der Waals surface area contributed by atoms with Gasteiger partial charge in [-0.15, -0.1) is 0 Å². The van der Waals surface area contributed by atoms with Gasteiger partial charge in [0.15, 0.2) is 6.79 Å². The summed E-state index contributed by atoms with van der Waals surface area (Å²) < 4.78 is 7.94. The molecule has 0 amide bonds. The zero-order chi connectivity index (χ0) is 6.41. The molecule has 0 aliphatic carbocycles. The maximum absolute atomic E-state index is 9.33. The molecule has 0 unspecified atom stereocenters. The Morgan fingerprint density at radius 3 is 2.62 bits per heavy atom. The molecule has 0 saturated heterocycles. The highest BCUT2D eigenvalue weighted by molar-refractivity contribution is 7.39. The monoisotopic (exact) mass is 140 g/mol. The first-order valence-corrected chi connectivity index (χ1v) is 2.80. The van der Waals surface area contributed by atoms with Crippen molar-refractivity contribution in [2.75, 3.05) is 6.79 Å². The van der Waals surface area contributed by atoms with Crippen molar-refractivity contribution in [3.8, 4) is 0 Å². The molecule has 0 spiro atoms. The molecule has 0 saturated carbocycles. The van der Waals surface area contributed by atoms with Crippen LogP contribution < -0.4 is 0 Å². The Hall–Kier alpha value is -0.220. The largest absolute Gasteiger partial charge is 0.440 e. The third-order valence-corrected chi connectivity index (χ3v) is 0.641. The fraction of sp³-hybridized carbons (Fsp3) is 0.500. The van der Waals surface area contributed by atoms with Gasteiger partial charge in [-0.1, -0.05) is 0 Å². The molecular formula is C2H5O5P. The van der Waals surface area contributed by atoms with Crippen LogP contribution in [0.4, 0.5) is 0 Å². The van der Waals surface area contributed by atoms with Crippen LogP contribution in [0.3, 0.4) is 0 Å².